The fourth-order valence-corrected chi connectivity index (χ4v) is 3.29. The highest BCUT2D eigenvalue weighted by molar-refractivity contribution is 9.10. The van der Waals surface area contributed by atoms with Gasteiger partial charge in [-0.3, -0.25) is 4.79 Å². The van der Waals surface area contributed by atoms with Crippen molar-refractivity contribution < 1.29 is 4.79 Å². The van der Waals surface area contributed by atoms with Crippen molar-refractivity contribution >= 4 is 33.3 Å². The van der Waals surface area contributed by atoms with Crippen molar-refractivity contribution in [3.8, 4) is 0 Å². The van der Waals surface area contributed by atoms with Gasteiger partial charge < -0.3 is 4.90 Å². The number of anilines is 1. The fraction of sp³-hybridized carbons (Fsp3) is 0.250. The minimum atomic E-state index is -0.190. The van der Waals surface area contributed by atoms with Crippen molar-refractivity contribution in [2.75, 3.05) is 11.4 Å². The van der Waals surface area contributed by atoms with Crippen LogP contribution in [0.1, 0.15) is 27.6 Å². The molecule has 23 heavy (non-hydrogen) atoms. The molecule has 3 heterocycles. The van der Waals surface area contributed by atoms with Gasteiger partial charge in [0, 0.05) is 28.1 Å². The van der Waals surface area contributed by atoms with Gasteiger partial charge in [0.15, 0.2) is 0 Å². The summed E-state index contributed by atoms with van der Waals surface area (Å²) in [5.74, 6) is 0.447. The predicted octanol–water partition coefficient (Wildman–Crippen LogP) is 2.71. The van der Waals surface area contributed by atoms with Crippen LogP contribution in [0.3, 0.4) is 0 Å². The van der Waals surface area contributed by atoms with Crippen molar-refractivity contribution in [3.05, 3.63) is 51.5 Å². The van der Waals surface area contributed by atoms with E-state index in [2.05, 4.69) is 31.0 Å². The van der Waals surface area contributed by atoms with Crippen LogP contribution in [-0.4, -0.2) is 32.0 Å². The van der Waals surface area contributed by atoms with E-state index in [9.17, 15) is 4.79 Å². The molecule has 1 aliphatic heterocycles. The van der Waals surface area contributed by atoms with Gasteiger partial charge in [-0.15, -0.1) is 5.10 Å². The number of hydrogen-bond acceptors (Lipinski definition) is 4. The van der Waals surface area contributed by atoms with Crippen molar-refractivity contribution in [3.63, 3.8) is 0 Å². The Morgan fingerprint density at radius 1 is 1.22 bits per heavy atom. The van der Waals surface area contributed by atoms with E-state index in [1.54, 1.807) is 9.42 Å². The van der Waals surface area contributed by atoms with E-state index in [1.165, 1.54) is 0 Å². The first-order valence-electron chi connectivity index (χ1n) is 7.34. The van der Waals surface area contributed by atoms with Gasteiger partial charge in [0.05, 0.1) is 0 Å². The highest BCUT2D eigenvalue weighted by Crippen LogP contribution is 2.31. The Hall–Kier alpha value is -2.28. The van der Waals surface area contributed by atoms with E-state index < -0.39 is 0 Å². The van der Waals surface area contributed by atoms with E-state index in [1.807, 2.05) is 38.1 Å². The first-order chi connectivity index (χ1) is 11.0. The molecule has 1 amide bonds. The molecule has 0 spiro atoms. The maximum Gasteiger partial charge on any atom is 0.298 e. The molecule has 1 aromatic carbocycles. The maximum absolute atomic E-state index is 12.8. The third-order valence-corrected chi connectivity index (χ3v) is 4.49. The highest BCUT2D eigenvalue weighted by atomic mass is 79.9. The third-order valence-electron chi connectivity index (χ3n) is 4.00. The SMILES string of the molecule is Cc1cc(C)n2nc(C(=O)N3CCc4ccc(Br)cc43)nc2n1. The predicted molar refractivity (Wildman–Crippen MR) is 89.8 cm³/mol. The molecule has 0 unspecified atom stereocenters. The average Bonchev–Trinajstić information content (AvgIpc) is 3.10. The number of nitrogens with zero attached hydrogens (tertiary/aromatic N) is 5. The summed E-state index contributed by atoms with van der Waals surface area (Å²) in [4.78, 5) is 23.2. The Morgan fingerprint density at radius 2 is 2.04 bits per heavy atom. The lowest BCUT2D eigenvalue weighted by Crippen LogP contribution is -2.29. The number of rotatable bonds is 1. The molecule has 116 valence electrons. The number of aromatic nitrogens is 4. The van der Waals surface area contributed by atoms with Crippen LogP contribution in [0.5, 0.6) is 0 Å². The molecule has 0 atom stereocenters. The summed E-state index contributed by atoms with van der Waals surface area (Å²) in [5, 5.41) is 4.33. The molecule has 2 aromatic heterocycles. The quantitative estimate of drug-likeness (QED) is 0.659. The molecular formula is C16H14BrN5O. The van der Waals surface area contributed by atoms with Gasteiger partial charge in [0.25, 0.3) is 11.7 Å². The van der Waals surface area contributed by atoms with Crippen LogP contribution >= 0.6 is 15.9 Å². The first kappa shape index (κ1) is 14.3. The number of carbonyl (C=O) groups excluding carboxylic acids is 1. The third kappa shape index (κ3) is 2.31. The first-order valence-corrected chi connectivity index (χ1v) is 8.13. The summed E-state index contributed by atoms with van der Waals surface area (Å²) in [6.07, 6.45) is 0.845. The topological polar surface area (TPSA) is 63.4 Å². The Kier molecular flexibility index (Phi) is 3.19. The number of halogens is 1. The summed E-state index contributed by atoms with van der Waals surface area (Å²) in [5.41, 5.74) is 3.85. The van der Waals surface area contributed by atoms with E-state index in [4.69, 9.17) is 0 Å². The second-order valence-electron chi connectivity index (χ2n) is 5.67. The molecule has 0 fully saturated rings. The minimum absolute atomic E-state index is 0.180. The van der Waals surface area contributed by atoms with Crippen molar-refractivity contribution in [2.24, 2.45) is 0 Å². The number of carbonyl (C=O) groups is 1. The van der Waals surface area contributed by atoms with Crippen molar-refractivity contribution in [1.29, 1.82) is 0 Å². The second kappa shape index (κ2) is 5.13. The molecule has 0 aliphatic carbocycles. The van der Waals surface area contributed by atoms with Gasteiger partial charge in [-0.1, -0.05) is 22.0 Å². The Labute approximate surface area is 141 Å². The summed E-state index contributed by atoms with van der Waals surface area (Å²) in [6.45, 7) is 4.47. The smallest absolute Gasteiger partial charge is 0.298 e. The number of hydrogen-bond donors (Lipinski definition) is 0. The maximum atomic E-state index is 12.8. The van der Waals surface area contributed by atoms with Gasteiger partial charge in [-0.05, 0) is 44.0 Å². The van der Waals surface area contributed by atoms with Crippen LogP contribution in [-0.2, 0) is 6.42 Å². The summed E-state index contributed by atoms with van der Waals surface area (Å²) >= 11 is 3.46. The van der Waals surface area contributed by atoms with E-state index in [-0.39, 0.29) is 11.7 Å². The fourth-order valence-electron chi connectivity index (χ4n) is 2.94. The number of fused-ring (bicyclic) bond motifs is 2. The molecule has 0 saturated heterocycles. The molecule has 0 radical (unpaired) electrons. The van der Waals surface area contributed by atoms with Gasteiger partial charge in [-0.25, -0.2) is 9.50 Å². The number of benzene rings is 1. The molecule has 3 aromatic rings. The van der Waals surface area contributed by atoms with Gasteiger partial charge in [0.1, 0.15) is 0 Å². The molecular weight excluding hydrogens is 358 g/mol. The van der Waals surface area contributed by atoms with Crippen LogP contribution in [0, 0.1) is 13.8 Å². The minimum Gasteiger partial charge on any atom is -0.305 e. The zero-order chi connectivity index (χ0) is 16.1. The normalized spacial score (nSPS) is 13.6. The van der Waals surface area contributed by atoms with Crippen LogP contribution in [0.25, 0.3) is 5.78 Å². The summed E-state index contributed by atoms with van der Waals surface area (Å²) in [6, 6.07) is 7.91. The van der Waals surface area contributed by atoms with Crippen molar-refractivity contribution in [1.82, 2.24) is 19.6 Å². The second-order valence-corrected chi connectivity index (χ2v) is 6.58. The van der Waals surface area contributed by atoms with Crippen molar-refractivity contribution in [2.45, 2.75) is 20.3 Å². The monoisotopic (exact) mass is 371 g/mol. The zero-order valence-corrected chi connectivity index (χ0v) is 14.3. The van der Waals surface area contributed by atoms with Gasteiger partial charge >= 0.3 is 0 Å². The van der Waals surface area contributed by atoms with E-state index >= 15 is 0 Å². The van der Waals surface area contributed by atoms with Gasteiger partial charge in [0.2, 0.25) is 5.82 Å². The molecule has 7 heteroatoms. The molecule has 1 aliphatic rings. The molecule has 4 rings (SSSR count). The highest BCUT2D eigenvalue weighted by Gasteiger charge is 2.28. The zero-order valence-electron chi connectivity index (χ0n) is 12.7. The summed E-state index contributed by atoms with van der Waals surface area (Å²) < 4.78 is 2.56. The van der Waals surface area contributed by atoms with Crippen LogP contribution in [0.4, 0.5) is 5.69 Å². The largest absolute Gasteiger partial charge is 0.305 e. The lowest BCUT2D eigenvalue weighted by Gasteiger charge is -2.15. The standard InChI is InChI=1S/C16H14BrN5O/c1-9-7-10(2)22-16(18-9)19-14(20-22)15(23)21-6-5-11-3-4-12(17)8-13(11)21/h3-4,7-8H,5-6H2,1-2H3. The Bertz CT molecular complexity index is 949. The molecule has 0 bridgehead atoms. The van der Waals surface area contributed by atoms with Crippen LogP contribution in [0.15, 0.2) is 28.7 Å². The molecule has 6 nitrogen and oxygen atoms in total. The van der Waals surface area contributed by atoms with Crippen LogP contribution < -0.4 is 4.90 Å². The lowest BCUT2D eigenvalue weighted by molar-refractivity contribution is 0.0979. The van der Waals surface area contributed by atoms with Crippen LogP contribution in [0.2, 0.25) is 0 Å². The Balaban J connectivity index is 1.76. The molecule has 0 N–H and O–H groups in total. The number of amides is 1. The molecule has 0 saturated carbocycles. The summed E-state index contributed by atoms with van der Waals surface area (Å²) in [7, 11) is 0. The lowest BCUT2D eigenvalue weighted by atomic mass is 10.2. The van der Waals surface area contributed by atoms with Gasteiger partial charge in [-0.2, -0.15) is 4.98 Å². The average molecular weight is 372 g/mol. The van der Waals surface area contributed by atoms with E-state index in [0.29, 0.717) is 12.3 Å². The number of aryl methyl sites for hydroxylation is 2. The Morgan fingerprint density at radius 3 is 2.87 bits per heavy atom. The van der Waals surface area contributed by atoms with E-state index in [0.717, 1.165) is 33.5 Å².